The Labute approximate surface area is 117 Å². The average molecular weight is 294 g/mol. The molecule has 0 saturated heterocycles. The standard InChI is InChI=1S/C11H10N4O4S/c1-6(9(12)16)20-11-14-13-10(19-11)7-3-2-4-8(5-7)15(17)18/h2-6H,1H3,(H2,12,16). The van der Waals surface area contributed by atoms with Crippen molar-refractivity contribution in [1.29, 1.82) is 0 Å². The third kappa shape index (κ3) is 3.12. The van der Waals surface area contributed by atoms with Crippen LogP contribution in [0.2, 0.25) is 0 Å². The molecule has 0 bridgehead atoms. The highest BCUT2D eigenvalue weighted by Gasteiger charge is 2.17. The lowest BCUT2D eigenvalue weighted by molar-refractivity contribution is -0.384. The molecule has 1 aromatic carbocycles. The van der Waals surface area contributed by atoms with Crippen molar-refractivity contribution in [2.24, 2.45) is 5.73 Å². The van der Waals surface area contributed by atoms with Gasteiger partial charge in [0.1, 0.15) is 0 Å². The fourth-order valence-corrected chi connectivity index (χ4v) is 1.97. The maximum absolute atomic E-state index is 10.9. The molecule has 0 spiro atoms. The van der Waals surface area contributed by atoms with E-state index < -0.39 is 16.1 Å². The number of rotatable bonds is 5. The minimum absolute atomic E-state index is 0.0691. The summed E-state index contributed by atoms with van der Waals surface area (Å²) in [6.45, 7) is 1.62. The number of nitro benzene ring substituents is 1. The van der Waals surface area contributed by atoms with Gasteiger partial charge in [-0.25, -0.2) is 0 Å². The molecule has 0 aliphatic heterocycles. The number of nitrogens with two attached hydrogens (primary N) is 1. The van der Waals surface area contributed by atoms with Crippen molar-refractivity contribution >= 4 is 23.4 Å². The van der Waals surface area contributed by atoms with Crippen molar-refractivity contribution in [3.8, 4) is 11.5 Å². The fourth-order valence-electron chi connectivity index (χ4n) is 1.34. The van der Waals surface area contributed by atoms with E-state index in [2.05, 4.69) is 10.2 Å². The molecular formula is C11H10N4O4S. The highest BCUT2D eigenvalue weighted by Crippen LogP contribution is 2.27. The van der Waals surface area contributed by atoms with Gasteiger partial charge in [0.05, 0.1) is 10.2 Å². The lowest BCUT2D eigenvalue weighted by Crippen LogP contribution is -2.22. The van der Waals surface area contributed by atoms with Crippen LogP contribution >= 0.6 is 11.8 Å². The van der Waals surface area contributed by atoms with E-state index in [1.54, 1.807) is 13.0 Å². The van der Waals surface area contributed by atoms with Gasteiger partial charge in [0.2, 0.25) is 11.8 Å². The van der Waals surface area contributed by atoms with Crippen LogP contribution in [0.1, 0.15) is 6.92 Å². The van der Waals surface area contributed by atoms with E-state index in [1.165, 1.54) is 18.2 Å². The van der Waals surface area contributed by atoms with Crippen molar-refractivity contribution in [3.05, 3.63) is 34.4 Å². The second-order valence-electron chi connectivity index (χ2n) is 3.84. The number of hydrogen-bond acceptors (Lipinski definition) is 7. The number of nitrogens with zero attached hydrogens (tertiary/aromatic N) is 3. The summed E-state index contributed by atoms with van der Waals surface area (Å²) >= 11 is 1.03. The Bertz CT molecular complexity index is 657. The van der Waals surface area contributed by atoms with E-state index in [1.807, 2.05) is 0 Å². The van der Waals surface area contributed by atoms with Crippen LogP contribution in [-0.2, 0) is 4.79 Å². The molecule has 1 atom stereocenters. The van der Waals surface area contributed by atoms with Crippen LogP contribution in [0.3, 0.4) is 0 Å². The maximum Gasteiger partial charge on any atom is 0.277 e. The summed E-state index contributed by atoms with van der Waals surface area (Å²) in [7, 11) is 0. The van der Waals surface area contributed by atoms with Gasteiger partial charge in [0, 0.05) is 17.7 Å². The van der Waals surface area contributed by atoms with Gasteiger partial charge in [-0.2, -0.15) is 0 Å². The van der Waals surface area contributed by atoms with Gasteiger partial charge < -0.3 is 10.2 Å². The normalized spacial score (nSPS) is 12.1. The number of carbonyl (C=O) groups is 1. The monoisotopic (exact) mass is 294 g/mol. The third-order valence-corrected chi connectivity index (χ3v) is 3.34. The molecule has 104 valence electrons. The Kier molecular flexibility index (Phi) is 3.99. The minimum Gasteiger partial charge on any atom is -0.411 e. The minimum atomic E-state index is -0.509. The van der Waals surface area contributed by atoms with Crippen LogP contribution in [0.15, 0.2) is 33.9 Å². The molecule has 1 amide bonds. The predicted molar refractivity (Wildman–Crippen MR) is 70.9 cm³/mol. The van der Waals surface area contributed by atoms with Crippen LogP contribution < -0.4 is 5.73 Å². The van der Waals surface area contributed by atoms with Crippen molar-refractivity contribution in [2.45, 2.75) is 17.4 Å². The molecule has 1 aromatic heterocycles. The number of benzene rings is 1. The second-order valence-corrected chi connectivity index (χ2v) is 5.14. The molecule has 8 nitrogen and oxygen atoms in total. The average Bonchev–Trinajstić information content (AvgIpc) is 2.87. The van der Waals surface area contributed by atoms with Crippen molar-refractivity contribution in [1.82, 2.24) is 10.2 Å². The Morgan fingerprint density at radius 1 is 1.50 bits per heavy atom. The topological polar surface area (TPSA) is 125 Å². The van der Waals surface area contributed by atoms with E-state index >= 15 is 0 Å². The quantitative estimate of drug-likeness (QED) is 0.504. The first-order chi connectivity index (χ1) is 9.47. The van der Waals surface area contributed by atoms with Gasteiger partial charge >= 0.3 is 0 Å². The first-order valence-corrected chi connectivity index (χ1v) is 6.39. The van der Waals surface area contributed by atoms with E-state index in [9.17, 15) is 14.9 Å². The molecule has 2 N–H and O–H groups in total. The summed E-state index contributed by atoms with van der Waals surface area (Å²) in [4.78, 5) is 21.1. The van der Waals surface area contributed by atoms with E-state index in [4.69, 9.17) is 10.2 Å². The largest absolute Gasteiger partial charge is 0.411 e. The number of thioether (sulfide) groups is 1. The van der Waals surface area contributed by atoms with Gasteiger partial charge in [0.15, 0.2) is 0 Å². The zero-order valence-electron chi connectivity index (χ0n) is 10.3. The molecule has 0 saturated carbocycles. The first-order valence-electron chi connectivity index (χ1n) is 5.51. The number of hydrogen-bond donors (Lipinski definition) is 1. The molecule has 1 heterocycles. The first kappa shape index (κ1) is 14.0. The van der Waals surface area contributed by atoms with Crippen molar-refractivity contribution in [2.75, 3.05) is 0 Å². The summed E-state index contributed by atoms with van der Waals surface area (Å²) in [5, 5.41) is 17.9. The van der Waals surface area contributed by atoms with Crippen LogP contribution in [0.4, 0.5) is 5.69 Å². The van der Waals surface area contributed by atoms with Gasteiger partial charge in [-0.1, -0.05) is 17.8 Å². The highest BCUT2D eigenvalue weighted by molar-refractivity contribution is 8.00. The van der Waals surface area contributed by atoms with Crippen LogP contribution in [0.5, 0.6) is 0 Å². The molecule has 0 radical (unpaired) electrons. The van der Waals surface area contributed by atoms with Crippen LogP contribution in [-0.4, -0.2) is 26.3 Å². The van der Waals surface area contributed by atoms with Crippen molar-refractivity contribution in [3.63, 3.8) is 0 Å². The maximum atomic E-state index is 10.9. The number of primary amides is 1. The third-order valence-electron chi connectivity index (χ3n) is 2.39. The lowest BCUT2D eigenvalue weighted by atomic mass is 10.2. The highest BCUT2D eigenvalue weighted by atomic mass is 32.2. The number of non-ortho nitro benzene ring substituents is 1. The van der Waals surface area contributed by atoms with Crippen molar-refractivity contribution < 1.29 is 14.1 Å². The summed E-state index contributed by atoms with van der Waals surface area (Å²) in [5.41, 5.74) is 5.50. The Morgan fingerprint density at radius 3 is 2.90 bits per heavy atom. The summed E-state index contributed by atoms with van der Waals surface area (Å²) in [6, 6.07) is 5.84. The summed E-state index contributed by atoms with van der Waals surface area (Å²) in [5.74, 6) is -0.349. The molecule has 0 aliphatic carbocycles. The Balaban J connectivity index is 2.22. The Morgan fingerprint density at radius 2 is 2.25 bits per heavy atom. The zero-order valence-corrected chi connectivity index (χ0v) is 11.2. The second kappa shape index (κ2) is 5.70. The fraction of sp³-hybridized carbons (Fsp3) is 0.182. The smallest absolute Gasteiger partial charge is 0.277 e. The van der Waals surface area contributed by atoms with Crippen LogP contribution in [0, 0.1) is 10.1 Å². The van der Waals surface area contributed by atoms with E-state index in [0.717, 1.165) is 11.8 Å². The molecule has 9 heteroatoms. The number of amides is 1. The molecule has 1 unspecified atom stereocenters. The molecule has 20 heavy (non-hydrogen) atoms. The molecule has 2 rings (SSSR count). The van der Waals surface area contributed by atoms with Gasteiger partial charge in [-0.15, -0.1) is 10.2 Å². The molecular weight excluding hydrogens is 284 g/mol. The number of aromatic nitrogens is 2. The number of nitro groups is 1. The van der Waals surface area contributed by atoms with Crippen LogP contribution in [0.25, 0.3) is 11.5 Å². The summed E-state index contributed by atoms with van der Waals surface area (Å²) in [6.07, 6.45) is 0. The molecule has 0 aliphatic rings. The van der Waals surface area contributed by atoms with Gasteiger partial charge in [-0.05, 0) is 13.0 Å². The molecule has 0 fully saturated rings. The molecule has 2 aromatic rings. The summed E-state index contributed by atoms with van der Waals surface area (Å²) < 4.78 is 5.34. The van der Waals surface area contributed by atoms with E-state index in [0.29, 0.717) is 5.56 Å². The zero-order chi connectivity index (χ0) is 14.7. The number of carbonyl (C=O) groups excluding carboxylic acids is 1. The predicted octanol–water partition coefficient (Wildman–Crippen LogP) is 1.61. The van der Waals surface area contributed by atoms with E-state index in [-0.39, 0.29) is 16.8 Å². The SMILES string of the molecule is CC(Sc1nnc(-c2cccc([N+](=O)[O-])c2)o1)C(N)=O. The van der Waals surface area contributed by atoms with Gasteiger partial charge in [0.25, 0.3) is 10.9 Å². The Hall–Kier alpha value is -2.42. The van der Waals surface area contributed by atoms with Gasteiger partial charge in [-0.3, -0.25) is 14.9 Å². The lowest BCUT2D eigenvalue weighted by Gasteiger charge is -2.00.